The lowest BCUT2D eigenvalue weighted by molar-refractivity contribution is -0.182. The van der Waals surface area contributed by atoms with E-state index in [9.17, 15) is 31.5 Å². The number of nitrogens with one attached hydrogen (secondary N) is 1. The highest BCUT2D eigenvalue weighted by molar-refractivity contribution is 5.96. The van der Waals surface area contributed by atoms with Gasteiger partial charge in [-0.3, -0.25) is 9.78 Å². The Labute approximate surface area is 205 Å². The maximum absolute atomic E-state index is 13.5. The average Bonchev–Trinajstić information content (AvgIpc) is 2.80. The van der Waals surface area contributed by atoms with Gasteiger partial charge in [-0.25, -0.2) is 13.6 Å². The zero-order valence-electron chi connectivity index (χ0n) is 20.4. The minimum absolute atomic E-state index is 0.0476. The van der Waals surface area contributed by atoms with Crippen molar-refractivity contribution >= 4 is 5.97 Å². The summed E-state index contributed by atoms with van der Waals surface area (Å²) >= 11 is 0. The first kappa shape index (κ1) is 26.3. The zero-order valence-corrected chi connectivity index (χ0v) is 20.4. The monoisotopic (exact) mass is 512 g/mol. The largest absolute Gasteiger partial charge is 0.462 e. The van der Waals surface area contributed by atoms with Gasteiger partial charge in [-0.15, -0.1) is 0 Å². The summed E-state index contributed by atoms with van der Waals surface area (Å²) in [6.45, 7) is 4.92. The van der Waals surface area contributed by atoms with Gasteiger partial charge in [0.25, 0.3) is 0 Å². The summed E-state index contributed by atoms with van der Waals surface area (Å²) in [5.74, 6) is -5.72. The van der Waals surface area contributed by atoms with E-state index in [1.807, 2.05) is 0 Å². The molecule has 0 atom stereocenters. The summed E-state index contributed by atoms with van der Waals surface area (Å²) in [7, 11) is 0. The fraction of sp³-hybridized carbons (Fsp3) is 0.577. The van der Waals surface area contributed by atoms with E-state index in [1.165, 1.54) is 6.20 Å². The molecule has 0 spiro atoms. The molecule has 2 aliphatic rings. The molecule has 2 saturated carbocycles. The molecule has 4 rings (SSSR count). The Bertz CT molecular complexity index is 1210. The summed E-state index contributed by atoms with van der Waals surface area (Å²) in [5.41, 5.74) is 1.81. The van der Waals surface area contributed by atoms with Crippen molar-refractivity contribution in [3.05, 3.63) is 50.6 Å². The van der Waals surface area contributed by atoms with E-state index < -0.39 is 35.3 Å². The number of carbonyl (C=O) groups is 1. The van der Waals surface area contributed by atoms with Crippen molar-refractivity contribution in [2.75, 3.05) is 6.61 Å². The fourth-order valence-corrected chi connectivity index (χ4v) is 5.28. The summed E-state index contributed by atoms with van der Waals surface area (Å²) in [4.78, 5) is 33.4. The standard InChI is InChI=1S/C26H29F5N2O3/c1-4-36-24(35)21-22(33-14(3)13(2)23(21)34)19-12-32-20(16-10-25(27,28)11-16)9-18(19)15-5-7-17(8-6-15)26(29,30)31/h9,12,15-17H,4-8,10-11H2,1-3H3,(H,33,34). The Kier molecular flexibility index (Phi) is 7.00. The quantitative estimate of drug-likeness (QED) is 0.363. The third-order valence-electron chi connectivity index (χ3n) is 7.54. The first-order valence-corrected chi connectivity index (χ1v) is 12.2. The number of alkyl halides is 5. The Balaban J connectivity index is 1.82. The lowest BCUT2D eigenvalue weighted by Crippen LogP contribution is -2.34. The summed E-state index contributed by atoms with van der Waals surface area (Å²) < 4.78 is 72.1. The van der Waals surface area contributed by atoms with E-state index >= 15 is 0 Å². The number of H-pyrrole nitrogens is 1. The van der Waals surface area contributed by atoms with Crippen LogP contribution in [0.5, 0.6) is 0 Å². The minimum atomic E-state index is -4.27. The number of carbonyl (C=O) groups excluding carboxylic acids is 1. The van der Waals surface area contributed by atoms with E-state index in [0.717, 1.165) is 0 Å². The predicted molar refractivity (Wildman–Crippen MR) is 123 cm³/mol. The van der Waals surface area contributed by atoms with Crippen molar-refractivity contribution in [3.63, 3.8) is 0 Å². The van der Waals surface area contributed by atoms with Gasteiger partial charge >= 0.3 is 12.1 Å². The molecule has 0 radical (unpaired) electrons. The third kappa shape index (κ3) is 5.04. The van der Waals surface area contributed by atoms with E-state index in [-0.39, 0.29) is 62.3 Å². The van der Waals surface area contributed by atoms with Crippen LogP contribution < -0.4 is 5.43 Å². The molecule has 2 aromatic heterocycles. The van der Waals surface area contributed by atoms with Crippen LogP contribution in [-0.4, -0.2) is 34.6 Å². The number of nitrogens with zero attached hydrogens (tertiary/aromatic N) is 1. The van der Waals surface area contributed by atoms with Gasteiger partial charge in [0.2, 0.25) is 5.92 Å². The van der Waals surface area contributed by atoms with Crippen LogP contribution in [0.3, 0.4) is 0 Å². The number of pyridine rings is 2. The topological polar surface area (TPSA) is 72.0 Å². The van der Waals surface area contributed by atoms with Crippen molar-refractivity contribution in [3.8, 4) is 11.3 Å². The molecule has 10 heteroatoms. The highest BCUT2D eigenvalue weighted by Gasteiger charge is 2.47. The van der Waals surface area contributed by atoms with Crippen molar-refractivity contribution in [2.24, 2.45) is 5.92 Å². The van der Waals surface area contributed by atoms with Gasteiger partial charge < -0.3 is 9.72 Å². The number of esters is 1. The van der Waals surface area contributed by atoms with Gasteiger partial charge in [0, 0.05) is 47.5 Å². The van der Waals surface area contributed by atoms with Crippen molar-refractivity contribution < 1.29 is 31.5 Å². The molecule has 0 bridgehead atoms. The van der Waals surface area contributed by atoms with Gasteiger partial charge in [0.05, 0.1) is 18.2 Å². The van der Waals surface area contributed by atoms with Crippen LogP contribution in [0.2, 0.25) is 0 Å². The number of hydrogen-bond acceptors (Lipinski definition) is 4. The van der Waals surface area contributed by atoms with E-state index in [2.05, 4.69) is 9.97 Å². The number of rotatable bonds is 5. The molecule has 0 saturated heterocycles. The maximum Gasteiger partial charge on any atom is 0.391 e. The molecule has 0 unspecified atom stereocenters. The van der Waals surface area contributed by atoms with Crippen LogP contribution >= 0.6 is 0 Å². The van der Waals surface area contributed by atoms with Crippen LogP contribution in [0, 0.1) is 19.8 Å². The summed E-state index contributed by atoms with van der Waals surface area (Å²) in [6, 6.07) is 1.68. The zero-order chi connectivity index (χ0) is 26.4. The molecule has 2 fully saturated rings. The van der Waals surface area contributed by atoms with Crippen LogP contribution in [0.15, 0.2) is 17.1 Å². The van der Waals surface area contributed by atoms with Gasteiger partial charge in [-0.2, -0.15) is 13.2 Å². The molecule has 5 nitrogen and oxygen atoms in total. The van der Waals surface area contributed by atoms with Crippen molar-refractivity contribution in [1.82, 2.24) is 9.97 Å². The van der Waals surface area contributed by atoms with E-state index in [1.54, 1.807) is 26.8 Å². The lowest BCUT2D eigenvalue weighted by atomic mass is 9.74. The van der Waals surface area contributed by atoms with Crippen LogP contribution in [0.25, 0.3) is 11.3 Å². The molecule has 196 valence electrons. The maximum atomic E-state index is 13.5. The minimum Gasteiger partial charge on any atom is -0.462 e. The number of hydrogen-bond donors (Lipinski definition) is 1. The predicted octanol–water partition coefficient (Wildman–Crippen LogP) is 6.58. The molecule has 0 aromatic carbocycles. The molecule has 0 aliphatic heterocycles. The highest BCUT2D eigenvalue weighted by Crippen LogP contribution is 2.50. The van der Waals surface area contributed by atoms with Crippen molar-refractivity contribution in [1.29, 1.82) is 0 Å². The number of aryl methyl sites for hydroxylation is 1. The fourth-order valence-electron chi connectivity index (χ4n) is 5.28. The van der Waals surface area contributed by atoms with Gasteiger partial charge in [-0.05, 0) is 64.0 Å². The second-order valence-corrected chi connectivity index (χ2v) is 9.92. The normalized spacial score (nSPS) is 22.2. The van der Waals surface area contributed by atoms with Crippen LogP contribution in [0.4, 0.5) is 22.0 Å². The molecule has 36 heavy (non-hydrogen) atoms. The molecule has 2 aliphatic carbocycles. The number of aromatic nitrogens is 2. The van der Waals surface area contributed by atoms with Crippen LogP contribution in [0.1, 0.15) is 90.2 Å². The number of halogens is 5. The Morgan fingerprint density at radius 3 is 2.33 bits per heavy atom. The van der Waals surface area contributed by atoms with Gasteiger partial charge in [0.1, 0.15) is 5.56 Å². The van der Waals surface area contributed by atoms with Crippen molar-refractivity contribution in [2.45, 2.75) is 83.2 Å². The smallest absolute Gasteiger partial charge is 0.391 e. The summed E-state index contributed by atoms with van der Waals surface area (Å²) in [6.07, 6.45) is -3.13. The van der Waals surface area contributed by atoms with Gasteiger partial charge in [-0.1, -0.05) is 0 Å². The molecule has 1 N–H and O–H groups in total. The second-order valence-electron chi connectivity index (χ2n) is 9.92. The molecule has 2 heterocycles. The summed E-state index contributed by atoms with van der Waals surface area (Å²) in [5, 5.41) is 0. The Morgan fingerprint density at radius 1 is 1.14 bits per heavy atom. The second kappa shape index (κ2) is 9.59. The molecular weight excluding hydrogens is 483 g/mol. The van der Waals surface area contributed by atoms with E-state index in [4.69, 9.17) is 4.74 Å². The molecular formula is C26H29F5N2O3. The first-order valence-electron chi connectivity index (χ1n) is 12.2. The average molecular weight is 513 g/mol. The SMILES string of the molecule is CCOC(=O)c1c(-c2cnc(C3CC(F)(F)C3)cc2C2CCC(C(F)(F)F)CC2)[nH]c(C)c(C)c1=O. The van der Waals surface area contributed by atoms with Crippen LogP contribution in [-0.2, 0) is 4.74 Å². The van der Waals surface area contributed by atoms with Gasteiger partial charge in [0.15, 0.2) is 5.43 Å². The third-order valence-corrected chi connectivity index (χ3v) is 7.54. The molecule has 0 amide bonds. The number of ether oxygens (including phenoxy) is 1. The highest BCUT2D eigenvalue weighted by atomic mass is 19.4. The Morgan fingerprint density at radius 2 is 1.78 bits per heavy atom. The Hall–Kier alpha value is -2.78. The molecule has 2 aromatic rings. The first-order chi connectivity index (χ1) is 16.8. The van der Waals surface area contributed by atoms with E-state index in [0.29, 0.717) is 28.1 Å². The lowest BCUT2D eigenvalue weighted by Gasteiger charge is -2.36. The number of aromatic amines is 1.